The number of nitrogens with two attached hydrogens (primary N) is 1. The van der Waals surface area contributed by atoms with E-state index in [-0.39, 0.29) is 11.9 Å². The zero-order valence-electron chi connectivity index (χ0n) is 10.8. The van der Waals surface area contributed by atoms with Crippen molar-refractivity contribution < 1.29 is 4.79 Å². The SMILES string of the molecule is NC(c1cc(Br)cc(Br)c1)c1cc2c(cc1Cl)NC(=O)C2. The standard InChI is InChI=1S/C15H11Br2ClN2O/c16-9-1-8(2-10(17)5-9)15(19)11-3-7-4-14(21)20-13(7)6-12(11)18/h1-3,5-6,15H,4,19H2,(H,20,21). The highest BCUT2D eigenvalue weighted by molar-refractivity contribution is 9.11. The average Bonchev–Trinajstić information content (AvgIpc) is 2.75. The lowest BCUT2D eigenvalue weighted by Gasteiger charge is -2.16. The minimum Gasteiger partial charge on any atom is -0.325 e. The molecule has 0 aliphatic carbocycles. The van der Waals surface area contributed by atoms with E-state index in [1.807, 2.05) is 24.3 Å². The lowest BCUT2D eigenvalue weighted by Crippen LogP contribution is -2.13. The van der Waals surface area contributed by atoms with Gasteiger partial charge in [0.25, 0.3) is 0 Å². The molecule has 108 valence electrons. The summed E-state index contributed by atoms with van der Waals surface area (Å²) in [5.74, 6) is -0.0167. The lowest BCUT2D eigenvalue weighted by molar-refractivity contribution is -0.115. The van der Waals surface area contributed by atoms with E-state index >= 15 is 0 Å². The smallest absolute Gasteiger partial charge is 0.228 e. The average molecular weight is 431 g/mol. The monoisotopic (exact) mass is 428 g/mol. The second-order valence-electron chi connectivity index (χ2n) is 4.94. The molecule has 6 heteroatoms. The Bertz CT molecular complexity index is 728. The van der Waals surface area contributed by atoms with Crippen molar-refractivity contribution in [3.05, 3.63) is 61.0 Å². The van der Waals surface area contributed by atoms with Crippen LogP contribution in [0.15, 0.2) is 39.3 Å². The van der Waals surface area contributed by atoms with Gasteiger partial charge in [0.1, 0.15) is 0 Å². The molecule has 0 saturated heterocycles. The second kappa shape index (κ2) is 5.72. The van der Waals surface area contributed by atoms with E-state index in [2.05, 4.69) is 37.2 Å². The van der Waals surface area contributed by atoms with E-state index < -0.39 is 0 Å². The van der Waals surface area contributed by atoms with Crippen molar-refractivity contribution in [1.82, 2.24) is 0 Å². The highest BCUT2D eigenvalue weighted by atomic mass is 79.9. The maximum atomic E-state index is 11.5. The Kier molecular flexibility index (Phi) is 4.10. The van der Waals surface area contributed by atoms with Crippen LogP contribution < -0.4 is 11.1 Å². The number of fused-ring (bicyclic) bond motifs is 1. The lowest BCUT2D eigenvalue weighted by atomic mass is 9.97. The first-order valence-electron chi connectivity index (χ1n) is 6.28. The van der Waals surface area contributed by atoms with Gasteiger partial charge in [-0.1, -0.05) is 43.5 Å². The largest absolute Gasteiger partial charge is 0.325 e. The van der Waals surface area contributed by atoms with Crippen LogP contribution in [0.1, 0.15) is 22.7 Å². The molecule has 1 aliphatic rings. The third-order valence-corrected chi connectivity index (χ3v) is 4.67. The number of halogens is 3. The number of carbonyl (C=O) groups is 1. The minimum atomic E-state index is -0.354. The zero-order chi connectivity index (χ0) is 15.1. The summed E-state index contributed by atoms with van der Waals surface area (Å²) >= 11 is 13.2. The predicted octanol–water partition coefficient (Wildman–Crippen LogP) is 4.41. The normalized spacial score (nSPS) is 14.8. The second-order valence-corrected chi connectivity index (χ2v) is 7.17. The van der Waals surface area contributed by atoms with Crippen LogP contribution in [0.4, 0.5) is 5.69 Å². The Morgan fingerprint density at radius 1 is 1.14 bits per heavy atom. The van der Waals surface area contributed by atoms with Crippen molar-refractivity contribution in [1.29, 1.82) is 0 Å². The highest BCUT2D eigenvalue weighted by Crippen LogP contribution is 2.35. The van der Waals surface area contributed by atoms with Crippen LogP contribution in [0.3, 0.4) is 0 Å². The van der Waals surface area contributed by atoms with Crippen molar-refractivity contribution in [2.45, 2.75) is 12.5 Å². The van der Waals surface area contributed by atoms with Crippen LogP contribution in [-0.4, -0.2) is 5.91 Å². The highest BCUT2D eigenvalue weighted by Gasteiger charge is 2.22. The molecular weight excluding hydrogens is 419 g/mol. The van der Waals surface area contributed by atoms with Gasteiger partial charge < -0.3 is 11.1 Å². The van der Waals surface area contributed by atoms with E-state index in [0.717, 1.165) is 31.3 Å². The number of hydrogen-bond acceptors (Lipinski definition) is 2. The summed E-state index contributed by atoms with van der Waals surface area (Å²) in [5.41, 5.74) is 9.82. The van der Waals surface area contributed by atoms with E-state index in [1.165, 1.54) is 0 Å². The number of amides is 1. The molecule has 1 unspecified atom stereocenters. The van der Waals surface area contributed by atoms with Crippen LogP contribution in [0.25, 0.3) is 0 Å². The molecule has 1 aliphatic heterocycles. The number of hydrogen-bond donors (Lipinski definition) is 2. The van der Waals surface area contributed by atoms with Gasteiger partial charge >= 0.3 is 0 Å². The molecule has 0 radical (unpaired) electrons. The molecule has 0 aromatic heterocycles. The Morgan fingerprint density at radius 3 is 2.48 bits per heavy atom. The maximum absolute atomic E-state index is 11.5. The Labute approximate surface area is 144 Å². The summed E-state index contributed by atoms with van der Waals surface area (Å²) in [7, 11) is 0. The molecule has 2 aromatic rings. The van der Waals surface area contributed by atoms with Crippen LogP contribution >= 0.6 is 43.5 Å². The predicted molar refractivity (Wildman–Crippen MR) is 91.7 cm³/mol. The Morgan fingerprint density at radius 2 is 1.81 bits per heavy atom. The molecule has 3 nitrogen and oxygen atoms in total. The quantitative estimate of drug-likeness (QED) is 0.742. The summed E-state index contributed by atoms with van der Waals surface area (Å²) in [4.78, 5) is 11.5. The van der Waals surface area contributed by atoms with Crippen molar-refractivity contribution >= 4 is 55.1 Å². The van der Waals surface area contributed by atoms with Crippen LogP contribution in [-0.2, 0) is 11.2 Å². The van der Waals surface area contributed by atoms with E-state index in [9.17, 15) is 4.79 Å². The molecule has 1 atom stereocenters. The fraction of sp³-hybridized carbons (Fsp3) is 0.133. The molecule has 21 heavy (non-hydrogen) atoms. The third kappa shape index (κ3) is 3.01. The summed E-state index contributed by atoms with van der Waals surface area (Å²) in [5, 5.41) is 3.34. The maximum Gasteiger partial charge on any atom is 0.228 e. The summed E-state index contributed by atoms with van der Waals surface area (Å²) in [6, 6.07) is 9.19. The topological polar surface area (TPSA) is 55.1 Å². The third-order valence-electron chi connectivity index (χ3n) is 3.43. The first-order valence-corrected chi connectivity index (χ1v) is 8.24. The molecule has 3 rings (SSSR count). The van der Waals surface area contributed by atoms with Gasteiger partial charge in [0.15, 0.2) is 0 Å². The minimum absolute atomic E-state index is 0.0167. The molecule has 0 spiro atoms. The van der Waals surface area contributed by atoms with Crippen molar-refractivity contribution in [2.24, 2.45) is 5.73 Å². The number of benzene rings is 2. The van der Waals surface area contributed by atoms with Crippen molar-refractivity contribution in [3.8, 4) is 0 Å². The van der Waals surface area contributed by atoms with Crippen molar-refractivity contribution in [3.63, 3.8) is 0 Å². The van der Waals surface area contributed by atoms with Crippen LogP contribution in [0.2, 0.25) is 5.02 Å². The van der Waals surface area contributed by atoms with Gasteiger partial charge in [0, 0.05) is 19.7 Å². The zero-order valence-corrected chi connectivity index (χ0v) is 14.7. The van der Waals surface area contributed by atoms with Crippen molar-refractivity contribution in [2.75, 3.05) is 5.32 Å². The number of rotatable bonds is 2. The summed E-state index contributed by atoms with van der Waals surface area (Å²) in [6.45, 7) is 0. The Balaban J connectivity index is 2.04. The number of nitrogens with one attached hydrogen (secondary N) is 1. The first-order chi connectivity index (χ1) is 9.94. The van der Waals surface area contributed by atoms with Gasteiger partial charge in [-0.05, 0) is 47.0 Å². The molecule has 1 amide bonds. The summed E-state index contributed by atoms with van der Waals surface area (Å²) in [6.07, 6.45) is 0.369. The molecule has 2 aromatic carbocycles. The van der Waals surface area contributed by atoms with E-state index in [1.54, 1.807) is 6.07 Å². The fourth-order valence-corrected chi connectivity index (χ4v) is 4.05. The molecular formula is C15H11Br2ClN2O. The van der Waals surface area contributed by atoms with E-state index in [0.29, 0.717) is 11.4 Å². The molecule has 1 heterocycles. The number of carbonyl (C=O) groups excluding carboxylic acids is 1. The van der Waals surface area contributed by atoms with Crippen LogP contribution in [0, 0.1) is 0 Å². The van der Waals surface area contributed by atoms with Gasteiger partial charge in [-0.2, -0.15) is 0 Å². The fourth-order valence-electron chi connectivity index (χ4n) is 2.44. The van der Waals surface area contributed by atoms with Crippen LogP contribution in [0.5, 0.6) is 0 Å². The van der Waals surface area contributed by atoms with Gasteiger partial charge in [0.2, 0.25) is 5.91 Å². The first kappa shape index (κ1) is 15.0. The van der Waals surface area contributed by atoms with Gasteiger partial charge in [-0.3, -0.25) is 4.79 Å². The van der Waals surface area contributed by atoms with E-state index in [4.69, 9.17) is 17.3 Å². The van der Waals surface area contributed by atoms with Gasteiger partial charge in [0.05, 0.1) is 12.5 Å². The molecule has 0 saturated carbocycles. The molecule has 3 N–H and O–H groups in total. The number of anilines is 1. The Hall–Kier alpha value is -0.880. The van der Waals surface area contributed by atoms with Gasteiger partial charge in [-0.15, -0.1) is 0 Å². The molecule has 0 bridgehead atoms. The van der Waals surface area contributed by atoms with Gasteiger partial charge in [-0.25, -0.2) is 0 Å². The summed E-state index contributed by atoms with van der Waals surface area (Å²) < 4.78 is 1.88. The molecule has 0 fully saturated rings.